The Labute approximate surface area is 111 Å². The summed E-state index contributed by atoms with van der Waals surface area (Å²) in [6, 6.07) is 0.0764. The Bertz CT molecular complexity index is 332. The molecule has 110 valence electrons. The van der Waals surface area contributed by atoms with E-state index in [-0.39, 0.29) is 24.8 Å². The zero-order valence-corrected chi connectivity index (χ0v) is 11.2. The van der Waals surface area contributed by atoms with Gasteiger partial charge in [0.05, 0.1) is 5.92 Å². The fourth-order valence-electron chi connectivity index (χ4n) is 3.11. The van der Waals surface area contributed by atoms with Crippen LogP contribution in [0.25, 0.3) is 0 Å². The first-order valence-electron chi connectivity index (χ1n) is 6.97. The van der Waals surface area contributed by atoms with Gasteiger partial charge in [0.25, 0.3) is 0 Å². The van der Waals surface area contributed by atoms with Gasteiger partial charge in [0.1, 0.15) is 0 Å². The van der Waals surface area contributed by atoms with Gasteiger partial charge in [0, 0.05) is 31.6 Å². The van der Waals surface area contributed by atoms with Crippen molar-refractivity contribution in [2.24, 2.45) is 11.8 Å². The van der Waals surface area contributed by atoms with Crippen molar-refractivity contribution in [1.82, 2.24) is 10.2 Å². The Morgan fingerprint density at radius 2 is 2.05 bits per heavy atom. The Morgan fingerprint density at radius 1 is 1.32 bits per heavy atom. The van der Waals surface area contributed by atoms with Gasteiger partial charge in [-0.05, 0) is 26.2 Å². The number of piperazine rings is 1. The number of amides is 1. The lowest BCUT2D eigenvalue weighted by Gasteiger charge is -2.38. The summed E-state index contributed by atoms with van der Waals surface area (Å²) in [5, 5.41) is 3.18. The lowest BCUT2D eigenvalue weighted by atomic mass is 9.80. The monoisotopic (exact) mass is 278 g/mol. The van der Waals surface area contributed by atoms with Crippen LogP contribution in [0.4, 0.5) is 13.2 Å². The van der Waals surface area contributed by atoms with Crippen molar-refractivity contribution >= 4 is 5.91 Å². The predicted molar refractivity (Wildman–Crippen MR) is 65.5 cm³/mol. The van der Waals surface area contributed by atoms with Crippen molar-refractivity contribution in [2.45, 2.75) is 44.8 Å². The van der Waals surface area contributed by atoms with Crippen molar-refractivity contribution in [3.8, 4) is 0 Å². The second-order valence-corrected chi connectivity index (χ2v) is 5.69. The van der Waals surface area contributed by atoms with Crippen LogP contribution in [0, 0.1) is 11.8 Å². The van der Waals surface area contributed by atoms with Crippen LogP contribution in [0.15, 0.2) is 0 Å². The molecule has 2 fully saturated rings. The van der Waals surface area contributed by atoms with Gasteiger partial charge >= 0.3 is 6.18 Å². The van der Waals surface area contributed by atoms with Crippen LogP contribution in [-0.4, -0.2) is 42.7 Å². The molecule has 1 saturated heterocycles. The third-order valence-electron chi connectivity index (χ3n) is 4.27. The largest absolute Gasteiger partial charge is 0.391 e. The number of hydrogen-bond donors (Lipinski definition) is 1. The second-order valence-electron chi connectivity index (χ2n) is 5.69. The molecule has 0 aromatic heterocycles. The molecule has 2 aliphatic rings. The molecular formula is C13H21F3N2O. The van der Waals surface area contributed by atoms with Gasteiger partial charge in [-0.3, -0.25) is 4.79 Å². The molecule has 1 N–H and O–H groups in total. The predicted octanol–water partition coefficient (Wildman–Crippen LogP) is 2.18. The molecule has 3 nitrogen and oxygen atoms in total. The molecule has 1 saturated carbocycles. The smallest absolute Gasteiger partial charge is 0.337 e. The number of nitrogens with one attached hydrogen (secondary N) is 1. The van der Waals surface area contributed by atoms with Gasteiger partial charge in [-0.2, -0.15) is 13.2 Å². The average Bonchev–Trinajstić information content (AvgIpc) is 2.38. The van der Waals surface area contributed by atoms with Gasteiger partial charge in [0.2, 0.25) is 5.91 Å². The SMILES string of the molecule is C[C@H]1CNCCN1C(=O)C1CCCC(C(F)(F)F)C1. The molecule has 0 bridgehead atoms. The number of carbonyl (C=O) groups is 1. The third kappa shape index (κ3) is 3.41. The van der Waals surface area contributed by atoms with E-state index < -0.39 is 18.0 Å². The summed E-state index contributed by atoms with van der Waals surface area (Å²) in [7, 11) is 0. The Hall–Kier alpha value is -0.780. The minimum Gasteiger partial charge on any atom is -0.337 e. The van der Waals surface area contributed by atoms with E-state index in [9.17, 15) is 18.0 Å². The van der Waals surface area contributed by atoms with Crippen LogP contribution < -0.4 is 5.32 Å². The number of rotatable bonds is 1. The highest BCUT2D eigenvalue weighted by Gasteiger charge is 2.44. The zero-order valence-electron chi connectivity index (χ0n) is 11.2. The summed E-state index contributed by atoms with van der Waals surface area (Å²) in [5.74, 6) is -1.82. The normalized spacial score (nSPS) is 33.3. The van der Waals surface area contributed by atoms with Crippen LogP contribution >= 0.6 is 0 Å². The van der Waals surface area contributed by atoms with Crippen molar-refractivity contribution < 1.29 is 18.0 Å². The van der Waals surface area contributed by atoms with Crippen LogP contribution in [0.3, 0.4) is 0 Å². The minimum atomic E-state index is -4.16. The molecule has 2 unspecified atom stereocenters. The summed E-state index contributed by atoms with van der Waals surface area (Å²) in [6.45, 7) is 3.99. The number of nitrogens with zero attached hydrogens (tertiary/aromatic N) is 1. The van der Waals surface area contributed by atoms with Crippen LogP contribution in [-0.2, 0) is 4.79 Å². The van der Waals surface area contributed by atoms with Gasteiger partial charge in [-0.1, -0.05) is 6.42 Å². The van der Waals surface area contributed by atoms with Crippen molar-refractivity contribution in [1.29, 1.82) is 0 Å². The number of alkyl halides is 3. The quantitative estimate of drug-likeness (QED) is 0.797. The number of carbonyl (C=O) groups excluding carboxylic acids is 1. The molecule has 3 atom stereocenters. The van der Waals surface area contributed by atoms with Crippen molar-refractivity contribution in [2.75, 3.05) is 19.6 Å². The van der Waals surface area contributed by atoms with E-state index in [1.165, 1.54) is 0 Å². The zero-order chi connectivity index (χ0) is 14.0. The van der Waals surface area contributed by atoms with Crippen LogP contribution in [0.2, 0.25) is 0 Å². The molecule has 0 radical (unpaired) electrons. The van der Waals surface area contributed by atoms with Gasteiger partial charge in [0.15, 0.2) is 0 Å². The minimum absolute atomic E-state index is 0.0288. The van der Waals surface area contributed by atoms with Gasteiger partial charge in [-0.25, -0.2) is 0 Å². The molecule has 19 heavy (non-hydrogen) atoms. The molecule has 0 aromatic rings. The highest BCUT2D eigenvalue weighted by molar-refractivity contribution is 5.79. The highest BCUT2D eigenvalue weighted by atomic mass is 19.4. The Balaban J connectivity index is 1.98. The molecule has 1 aliphatic carbocycles. The molecule has 1 amide bonds. The van der Waals surface area contributed by atoms with Crippen molar-refractivity contribution in [3.63, 3.8) is 0 Å². The number of halogens is 3. The van der Waals surface area contributed by atoms with Gasteiger partial charge in [-0.15, -0.1) is 0 Å². The standard InChI is InChI=1S/C13H21F3N2O/c1-9-8-17-5-6-18(9)12(19)10-3-2-4-11(7-10)13(14,15)16/h9-11,17H,2-8H2,1H3/t9-,10?,11?/m0/s1. The van der Waals surface area contributed by atoms with Crippen LogP contribution in [0.1, 0.15) is 32.6 Å². The molecule has 0 aromatic carbocycles. The molecule has 1 heterocycles. The second kappa shape index (κ2) is 5.69. The molecule has 6 heteroatoms. The first-order valence-corrected chi connectivity index (χ1v) is 6.97. The van der Waals surface area contributed by atoms with E-state index in [1.54, 1.807) is 4.90 Å². The molecular weight excluding hydrogens is 257 g/mol. The fraction of sp³-hybridized carbons (Fsp3) is 0.923. The average molecular weight is 278 g/mol. The maximum absolute atomic E-state index is 12.8. The summed E-state index contributed by atoms with van der Waals surface area (Å²) in [4.78, 5) is 14.1. The third-order valence-corrected chi connectivity index (χ3v) is 4.27. The van der Waals surface area contributed by atoms with E-state index in [2.05, 4.69) is 5.32 Å². The summed E-state index contributed by atoms with van der Waals surface area (Å²) >= 11 is 0. The summed E-state index contributed by atoms with van der Waals surface area (Å²) < 4.78 is 38.3. The first kappa shape index (κ1) is 14.6. The Morgan fingerprint density at radius 3 is 2.68 bits per heavy atom. The lowest BCUT2D eigenvalue weighted by molar-refractivity contribution is -0.187. The van der Waals surface area contributed by atoms with Crippen LogP contribution in [0.5, 0.6) is 0 Å². The van der Waals surface area contributed by atoms with Gasteiger partial charge < -0.3 is 10.2 Å². The van der Waals surface area contributed by atoms with E-state index in [0.717, 1.165) is 13.1 Å². The summed E-state index contributed by atoms with van der Waals surface area (Å²) in [5.41, 5.74) is 0. The highest BCUT2D eigenvalue weighted by Crippen LogP contribution is 2.40. The molecule has 0 spiro atoms. The summed E-state index contributed by atoms with van der Waals surface area (Å²) in [6.07, 6.45) is -2.92. The topological polar surface area (TPSA) is 32.3 Å². The number of hydrogen-bond acceptors (Lipinski definition) is 2. The van der Waals surface area contributed by atoms with E-state index in [0.29, 0.717) is 19.4 Å². The maximum Gasteiger partial charge on any atom is 0.391 e. The molecule has 1 aliphatic heterocycles. The van der Waals surface area contributed by atoms with E-state index in [4.69, 9.17) is 0 Å². The maximum atomic E-state index is 12.8. The van der Waals surface area contributed by atoms with Crippen molar-refractivity contribution in [3.05, 3.63) is 0 Å². The van der Waals surface area contributed by atoms with E-state index >= 15 is 0 Å². The van der Waals surface area contributed by atoms with E-state index in [1.807, 2.05) is 6.92 Å². The fourth-order valence-corrected chi connectivity index (χ4v) is 3.11. The lowest BCUT2D eigenvalue weighted by Crippen LogP contribution is -2.54. The Kier molecular flexibility index (Phi) is 4.38. The molecule has 2 rings (SSSR count). The first-order chi connectivity index (χ1) is 8.89.